The molecule has 0 radical (unpaired) electrons. The molecule has 2 aromatic heterocycles. The summed E-state index contributed by atoms with van der Waals surface area (Å²) in [5.41, 5.74) is 23.3. The summed E-state index contributed by atoms with van der Waals surface area (Å²) in [6, 6.07) is -17.9. The van der Waals surface area contributed by atoms with Crippen molar-refractivity contribution in [3.63, 3.8) is 0 Å². The molecule has 0 aliphatic carbocycles. The zero-order valence-corrected chi connectivity index (χ0v) is 83.6. The van der Waals surface area contributed by atoms with Crippen molar-refractivity contribution < 1.29 is 121 Å². The van der Waals surface area contributed by atoms with Crippen LogP contribution >= 0.6 is 0 Å². The number of aliphatic carboxylic acids is 2. The van der Waals surface area contributed by atoms with E-state index >= 15 is 0 Å². The number of carbonyl (C=O) groups is 21. The van der Waals surface area contributed by atoms with E-state index < -0.39 is 272 Å². The van der Waals surface area contributed by atoms with E-state index in [0.717, 1.165) is 0 Å². The fourth-order valence-corrected chi connectivity index (χ4v) is 14.2. The lowest BCUT2D eigenvalue weighted by Crippen LogP contribution is -2.61. The number of carboxylic acids is 2. The molecule has 0 bridgehead atoms. The number of nitrogens with zero attached hydrogens (tertiary/aromatic N) is 3. The van der Waals surface area contributed by atoms with E-state index in [-0.39, 0.29) is 117 Å². The van der Waals surface area contributed by atoms with E-state index in [2.05, 4.69) is 121 Å². The van der Waals surface area contributed by atoms with Gasteiger partial charge in [0.25, 0.3) is 0 Å². The summed E-state index contributed by atoms with van der Waals surface area (Å²) in [4.78, 5) is 304. The summed E-state index contributed by atoms with van der Waals surface area (Å²) >= 11 is 0. The summed E-state index contributed by atoms with van der Waals surface area (Å²) in [5, 5.41) is 84.5. The molecule has 0 saturated carbocycles. The summed E-state index contributed by atoms with van der Waals surface area (Å²) in [5.74, 6) is -23.3. The number of aromatic nitrogens is 4. The number of phenolic OH excluding ortho intramolecular Hbond substituents is 1. The minimum absolute atomic E-state index is 0.00784. The SMILES string of the molecule is CC[C@H](C)[C@H](NC(=O)CNC(=O)[C@H](C)NC(=O)[C@H](C)NC(=O)[C@H](Cc1c[nH]cn1)NC(=O)[C@H](CC(N)=O)NC(=O)CNC(=O)[C@H](C)NC(=O)CNC(=O)[C@H](Cc1c[nH]cn1)NC(=O)[C@H](CC(C)C)NC(=O)[C@H](CC(C)C)NC(=O)[C@H](CCC(=O)O)NC(=O)[C@H](Cc1ccc(O)cc1)NC(=O)[C@H](CC(C)C)NC(=O)[C@@H](N)CCCN=C(N)N)C(=O)N[C@@H](CC(C)C)C(=O)N[C@H](C(=O)N[C@@H](CC(C)C)C(=O)O)[C@@H](C)O. The maximum absolute atomic E-state index is 14.6. The van der Waals surface area contributed by atoms with Gasteiger partial charge in [-0.15, -0.1) is 0 Å². The van der Waals surface area contributed by atoms with Crippen molar-refractivity contribution in [3.05, 3.63) is 66.3 Å². The van der Waals surface area contributed by atoms with Gasteiger partial charge in [0, 0.05) is 44.6 Å². The quantitative estimate of drug-likeness (QED) is 0.0142. The number of guanidine groups is 1. The summed E-state index contributed by atoms with van der Waals surface area (Å²) in [6.45, 7) is 23.2. The first-order valence-electron chi connectivity index (χ1n) is 47.3. The van der Waals surface area contributed by atoms with Crippen LogP contribution in [0.25, 0.3) is 0 Å². The van der Waals surface area contributed by atoms with Crippen LogP contribution in [0.4, 0.5) is 0 Å². The predicted octanol–water partition coefficient (Wildman–Crippen LogP) is -6.59. The van der Waals surface area contributed by atoms with Crippen molar-refractivity contribution >= 4 is 130 Å². The molecule has 18 atom stereocenters. The van der Waals surface area contributed by atoms with E-state index in [4.69, 9.17) is 22.9 Å². The third-order valence-electron chi connectivity index (χ3n) is 22.0. The Morgan fingerprint density at radius 3 is 1.17 bits per heavy atom. The minimum atomic E-state index is -1.83. The number of phenols is 1. The number of hydrogen-bond acceptors (Lipinski definition) is 27. The number of amides is 19. The highest BCUT2D eigenvalue weighted by Crippen LogP contribution is 2.19. The maximum Gasteiger partial charge on any atom is 0.326 e. The van der Waals surface area contributed by atoms with Crippen LogP contribution in [-0.4, -0.2) is 299 Å². The highest BCUT2D eigenvalue weighted by atomic mass is 16.4. The third kappa shape index (κ3) is 47.1. The van der Waals surface area contributed by atoms with Crippen molar-refractivity contribution in [1.29, 1.82) is 0 Å². The predicted molar refractivity (Wildman–Crippen MR) is 516 cm³/mol. The second-order valence-corrected chi connectivity index (χ2v) is 37.3. The molecule has 52 nitrogen and oxygen atoms in total. The molecular formula is C91H147N27O25. The number of hydrogen-bond donors (Lipinski definition) is 28. The van der Waals surface area contributed by atoms with Crippen LogP contribution in [0.1, 0.15) is 198 Å². The Labute approximate surface area is 828 Å². The Kier molecular flexibility index (Phi) is 53.1. The van der Waals surface area contributed by atoms with Crippen LogP contribution < -0.4 is 119 Å². The molecule has 0 aliphatic heterocycles. The molecule has 32 N–H and O–H groups in total. The smallest absolute Gasteiger partial charge is 0.326 e. The average molecular weight is 2020 g/mol. The Morgan fingerprint density at radius 1 is 0.378 bits per heavy atom. The first-order valence-corrected chi connectivity index (χ1v) is 47.3. The lowest BCUT2D eigenvalue weighted by atomic mass is 9.96. The molecule has 0 saturated heterocycles. The van der Waals surface area contributed by atoms with Gasteiger partial charge in [0.05, 0.1) is 62.2 Å². The van der Waals surface area contributed by atoms with Gasteiger partial charge in [-0.2, -0.15) is 0 Å². The summed E-state index contributed by atoms with van der Waals surface area (Å²) in [6.07, 6.45) is 1.37. The van der Waals surface area contributed by atoms with E-state index in [0.29, 0.717) is 18.4 Å². The number of nitrogens with one attached hydrogen (secondary N) is 20. The molecule has 3 aromatic rings. The molecule has 19 amide bonds. The van der Waals surface area contributed by atoms with Gasteiger partial charge < -0.3 is 149 Å². The van der Waals surface area contributed by atoms with Crippen molar-refractivity contribution in [1.82, 2.24) is 116 Å². The highest BCUT2D eigenvalue weighted by Gasteiger charge is 2.40. The van der Waals surface area contributed by atoms with Crippen LogP contribution in [-0.2, 0) is 120 Å². The van der Waals surface area contributed by atoms with Crippen molar-refractivity contribution in [3.8, 4) is 5.75 Å². The van der Waals surface area contributed by atoms with E-state index in [9.17, 15) is 121 Å². The van der Waals surface area contributed by atoms with Gasteiger partial charge in [-0.05, 0) is 132 Å². The number of aliphatic hydroxyl groups excluding tert-OH is 1. The fourth-order valence-electron chi connectivity index (χ4n) is 14.2. The molecule has 143 heavy (non-hydrogen) atoms. The minimum Gasteiger partial charge on any atom is -0.508 e. The first kappa shape index (κ1) is 123. The molecular weight excluding hydrogens is 1870 g/mol. The number of nitrogens with two attached hydrogens (primary N) is 4. The van der Waals surface area contributed by atoms with Gasteiger partial charge in [-0.1, -0.05) is 102 Å². The molecule has 3 rings (SSSR count). The zero-order chi connectivity index (χ0) is 108. The number of benzene rings is 1. The van der Waals surface area contributed by atoms with Gasteiger partial charge in [0.15, 0.2) is 5.96 Å². The number of aliphatic hydroxyl groups is 1. The molecule has 0 spiro atoms. The van der Waals surface area contributed by atoms with Gasteiger partial charge >= 0.3 is 11.9 Å². The monoisotopic (exact) mass is 2020 g/mol. The number of aliphatic imine (C=N–C) groups is 1. The maximum atomic E-state index is 14.6. The number of H-pyrrole nitrogens is 2. The molecule has 0 aliphatic rings. The molecule has 52 heteroatoms. The zero-order valence-electron chi connectivity index (χ0n) is 83.6. The topological polar surface area (TPSA) is 830 Å². The Bertz CT molecular complexity index is 4800. The largest absolute Gasteiger partial charge is 0.508 e. The number of primary amides is 1. The number of carbonyl (C=O) groups excluding carboxylic acids is 19. The Balaban J connectivity index is 1.72. The van der Waals surface area contributed by atoms with E-state index in [1.165, 1.54) is 77.0 Å². The standard InChI is InChI=1S/C91H147N27O25/c1-17-48(12)73(88(140)115-62(30-46(8)9)87(139)118-74(52(16)119)89(141)116-67(90(142)143)31-47(10)11)117-71(124)40-100-76(128)50(14)105-77(129)51(15)106-81(133)65(34-55-37-97-42-103-55)114-86(138)66(35-68(93)121)107-70(123)39-99-75(127)49(13)104-69(122)38-101-79(131)64(33-54-36-96-41-102-54)113-84(136)61(29-45(6)7)111-83(135)60(28-44(4)5)110-80(132)58(24-25-72(125)126)108-85(137)63(32-53-20-22-56(120)23-21-53)112-82(134)59(27-43(2)3)109-78(130)57(92)19-18-26-98-91(94)95/h20-23,36-37,41-52,57-67,73-74,119-120H,17-19,24-35,38-40,92H2,1-16H3,(H2,93,121)(H,96,102)(H,97,103)(H,99,127)(H,100,128)(H,101,131)(H,104,122)(H,105,129)(H,106,133)(H,107,123)(H,108,137)(H,109,130)(H,110,132)(H,111,135)(H,112,134)(H,113,136)(H,114,138)(H,115,140)(H,116,141)(H,117,124)(H,118,139)(H,125,126)(H,142,143)(H4,94,95,98)/t48-,49-,50-,51-,52+,57-,58-,59-,60-,61-,62-,63-,64-,65-,66-,67-,73-,74-/m0/s1. The van der Waals surface area contributed by atoms with E-state index in [1.54, 1.807) is 83.1 Å². The number of aromatic amines is 2. The third-order valence-corrected chi connectivity index (χ3v) is 22.0. The summed E-state index contributed by atoms with van der Waals surface area (Å²) < 4.78 is 0. The molecule has 796 valence electrons. The van der Waals surface area contributed by atoms with Crippen LogP contribution in [0.15, 0.2) is 54.3 Å². The molecule has 2 heterocycles. The van der Waals surface area contributed by atoms with Crippen molar-refractivity contribution in [2.75, 3.05) is 26.2 Å². The summed E-state index contributed by atoms with van der Waals surface area (Å²) in [7, 11) is 0. The second-order valence-electron chi connectivity index (χ2n) is 37.3. The fraction of sp³-hybridized carbons (Fsp3) is 0.626. The number of aromatic hydroxyl groups is 1. The second kappa shape index (κ2) is 61.9. The van der Waals surface area contributed by atoms with Crippen molar-refractivity contribution in [2.45, 2.75) is 303 Å². The van der Waals surface area contributed by atoms with Gasteiger partial charge in [0.2, 0.25) is 112 Å². The van der Waals surface area contributed by atoms with Crippen LogP contribution in [0.5, 0.6) is 5.75 Å². The Morgan fingerprint density at radius 2 is 0.734 bits per heavy atom. The lowest BCUT2D eigenvalue weighted by molar-refractivity contribution is -0.143. The lowest BCUT2D eigenvalue weighted by Gasteiger charge is -2.29. The molecule has 0 unspecified atom stereocenters. The first-order chi connectivity index (χ1) is 67.0. The number of carboxylic acid groups (broad SMARTS) is 2. The van der Waals surface area contributed by atoms with Crippen LogP contribution in [0.2, 0.25) is 0 Å². The van der Waals surface area contributed by atoms with Gasteiger partial charge in [-0.3, -0.25) is 101 Å². The highest BCUT2D eigenvalue weighted by molar-refractivity contribution is 6.02. The average Bonchev–Trinajstić information content (AvgIpc) is 1.12. The van der Waals surface area contributed by atoms with Crippen LogP contribution in [0, 0.1) is 35.5 Å². The van der Waals surface area contributed by atoms with Gasteiger partial charge in [0.1, 0.15) is 96.4 Å². The normalized spacial score (nSPS) is 15.0. The number of rotatable bonds is 65. The molecule has 1 aromatic carbocycles. The van der Waals surface area contributed by atoms with Crippen molar-refractivity contribution in [2.24, 2.45) is 63.4 Å². The number of imidazole rings is 2. The van der Waals surface area contributed by atoms with E-state index in [1.807, 2.05) is 0 Å². The van der Waals surface area contributed by atoms with Crippen LogP contribution in [0.3, 0.4) is 0 Å². The molecule has 0 fully saturated rings. The van der Waals surface area contributed by atoms with Gasteiger partial charge in [-0.25, -0.2) is 14.8 Å². The Hall–Kier alpha value is -14.5.